The molecule has 10 heteroatoms. The molecule has 178 valence electrons. The second kappa shape index (κ2) is 9.11. The number of nitrogens with zero attached hydrogens (tertiary/aromatic N) is 6. The predicted molar refractivity (Wildman–Crippen MR) is 122 cm³/mol. The highest BCUT2D eigenvalue weighted by molar-refractivity contribution is 5.74. The minimum Gasteiger partial charge on any atom is -0.423 e. The predicted octanol–water partition coefficient (Wildman–Crippen LogP) is 3.19. The molecule has 0 unspecified atom stereocenters. The number of halogens is 2. The average molecular weight is 469 g/mol. The van der Waals surface area contributed by atoms with Crippen molar-refractivity contribution in [2.45, 2.75) is 31.5 Å². The van der Waals surface area contributed by atoms with Crippen molar-refractivity contribution in [2.24, 2.45) is 0 Å². The third kappa shape index (κ3) is 4.26. The number of oxazole rings is 1. The summed E-state index contributed by atoms with van der Waals surface area (Å²) in [5.41, 5.74) is -0.1000. The van der Waals surface area contributed by atoms with Gasteiger partial charge in [0, 0.05) is 43.9 Å². The number of aromatic nitrogens is 4. The summed E-state index contributed by atoms with van der Waals surface area (Å²) >= 11 is 0. The molecule has 0 bridgehead atoms. The van der Waals surface area contributed by atoms with Crippen molar-refractivity contribution in [3.63, 3.8) is 0 Å². The molecule has 3 heterocycles. The first-order chi connectivity index (χ1) is 16.4. The Labute approximate surface area is 195 Å². The standard InChI is InChI=1S/C24H26F2N6O2/c1-17(24(33,14-32-16-27-15-28-32)19-8-7-18(25)13-20(19)26)30-9-4-10-31(12-11-30)23-29-21-5-2-3-6-22(21)34-23/h2-3,5-8,13,15-17,33H,4,9-12,14H2,1H3/t17-,24-/m1/s1. The van der Waals surface area contributed by atoms with Crippen LogP contribution in [-0.2, 0) is 12.1 Å². The molecule has 4 aromatic rings. The molecule has 34 heavy (non-hydrogen) atoms. The van der Waals surface area contributed by atoms with Crippen LogP contribution >= 0.6 is 0 Å². The fraction of sp³-hybridized carbons (Fsp3) is 0.375. The van der Waals surface area contributed by atoms with Gasteiger partial charge in [-0.25, -0.2) is 18.4 Å². The Bertz CT molecular complexity index is 1230. The van der Waals surface area contributed by atoms with Gasteiger partial charge in [-0.3, -0.25) is 4.90 Å². The van der Waals surface area contributed by atoms with E-state index in [0.29, 0.717) is 25.6 Å². The average Bonchev–Trinajstić information content (AvgIpc) is 3.42. The lowest BCUT2D eigenvalue weighted by molar-refractivity contribution is -0.0622. The van der Waals surface area contributed by atoms with Crippen LogP contribution < -0.4 is 4.90 Å². The van der Waals surface area contributed by atoms with Gasteiger partial charge < -0.3 is 14.4 Å². The summed E-state index contributed by atoms with van der Waals surface area (Å²) in [4.78, 5) is 12.7. The van der Waals surface area contributed by atoms with Gasteiger partial charge in [0.05, 0.1) is 6.54 Å². The first kappa shape index (κ1) is 22.4. The van der Waals surface area contributed by atoms with Crippen LogP contribution in [0.1, 0.15) is 18.9 Å². The van der Waals surface area contributed by atoms with Gasteiger partial charge in [0.15, 0.2) is 5.58 Å². The highest BCUT2D eigenvalue weighted by atomic mass is 19.1. The lowest BCUT2D eigenvalue weighted by atomic mass is 9.85. The SMILES string of the molecule is C[C@@H](N1CCCN(c2nc3ccccc3o2)CC1)[C@](O)(Cn1cncn1)c1ccc(F)cc1F. The van der Waals surface area contributed by atoms with Crippen LogP contribution in [0.3, 0.4) is 0 Å². The molecule has 2 atom stereocenters. The Morgan fingerprint density at radius 1 is 1.12 bits per heavy atom. The van der Waals surface area contributed by atoms with Crippen LogP contribution in [0.25, 0.3) is 11.1 Å². The summed E-state index contributed by atoms with van der Waals surface area (Å²) in [5, 5.41) is 16.0. The lowest BCUT2D eigenvalue weighted by Gasteiger charge is -2.41. The Morgan fingerprint density at radius 2 is 1.97 bits per heavy atom. The zero-order valence-electron chi connectivity index (χ0n) is 18.8. The van der Waals surface area contributed by atoms with E-state index >= 15 is 0 Å². The Balaban J connectivity index is 1.40. The maximum Gasteiger partial charge on any atom is 0.298 e. The fourth-order valence-electron chi connectivity index (χ4n) is 4.66. The van der Waals surface area contributed by atoms with Crippen molar-refractivity contribution < 1.29 is 18.3 Å². The van der Waals surface area contributed by atoms with Crippen molar-refractivity contribution in [3.8, 4) is 0 Å². The molecular weight excluding hydrogens is 442 g/mol. The van der Waals surface area contributed by atoms with E-state index < -0.39 is 23.3 Å². The third-order valence-corrected chi connectivity index (χ3v) is 6.59. The molecule has 5 rings (SSSR count). The van der Waals surface area contributed by atoms with Crippen molar-refractivity contribution in [3.05, 3.63) is 72.3 Å². The molecule has 1 N–H and O–H groups in total. The molecular formula is C24H26F2N6O2. The normalized spacial score (nSPS) is 18.1. The molecule has 1 saturated heterocycles. The van der Waals surface area contributed by atoms with Gasteiger partial charge in [-0.15, -0.1) is 0 Å². The minimum absolute atomic E-state index is 0.0250. The smallest absolute Gasteiger partial charge is 0.298 e. The number of aliphatic hydroxyl groups is 1. The van der Waals surface area contributed by atoms with Crippen molar-refractivity contribution in [1.82, 2.24) is 24.6 Å². The van der Waals surface area contributed by atoms with Crippen molar-refractivity contribution >= 4 is 17.1 Å². The summed E-state index contributed by atoms with van der Waals surface area (Å²) in [6, 6.07) is 11.0. The number of anilines is 1. The molecule has 1 fully saturated rings. The summed E-state index contributed by atoms with van der Waals surface area (Å²) in [6.07, 6.45) is 3.63. The van der Waals surface area contributed by atoms with Crippen molar-refractivity contribution in [1.29, 1.82) is 0 Å². The second-order valence-corrected chi connectivity index (χ2v) is 8.66. The Kier molecular flexibility index (Phi) is 6.01. The Morgan fingerprint density at radius 3 is 2.74 bits per heavy atom. The molecule has 0 spiro atoms. The molecule has 0 saturated carbocycles. The summed E-state index contributed by atoms with van der Waals surface area (Å²) in [6.45, 7) is 4.48. The van der Waals surface area contributed by atoms with E-state index in [-0.39, 0.29) is 12.1 Å². The topological polar surface area (TPSA) is 83.5 Å². The van der Waals surface area contributed by atoms with Gasteiger partial charge in [0.1, 0.15) is 35.4 Å². The van der Waals surface area contributed by atoms with E-state index in [0.717, 1.165) is 36.2 Å². The molecule has 1 aliphatic heterocycles. The van der Waals surface area contributed by atoms with Gasteiger partial charge >= 0.3 is 0 Å². The number of para-hydroxylation sites is 2. The summed E-state index contributed by atoms with van der Waals surface area (Å²) in [5.74, 6) is -1.49. The number of hydrogen-bond acceptors (Lipinski definition) is 7. The number of fused-ring (bicyclic) bond motifs is 1. The van der Waals surface area contributed by atoms with E-state index in [2.05, 4.69) is 24.9 Å². The van der Waals surface area contributed by atoms with Crippen LogP contribution in [-0.4, -0.2) is 62.0 Å². The van der Waals surface area contributed by atoms with Crippen molar-refractivity contribution in [2.75, 3.05) is 31.1 Å². The number of rotatable bonds is 6. The van der Waals surface area contributed by atoms with Gasteiger partial charge in [0.25, 0.3) is 6.01 Å². The van der Waals surface area contributed by atoms with Gasteiger partial charge in [-0.05, 0) is 31.5 Å². The third-order valence-electron chi connectivity index (χ3n) is 6.59. The van der Waals surface area contributed by atoms with Crippen LogP contribution in [0.4, 0.5) is 14.8 Å². The minimum atomic E-state index is -1.67. The highest BCUT2D eigenvalue weighted by Gasteiger charge is 2.42. The van der Waals surface area contributed by atoms with Gasteiger partial charge in [-0.2, -0.15) is 10.1 Å². The highest BCUT2D eigenvalue weighted by Crippen LogP contribution is 2.33. The molecule has 2 aromatic heterocycles. The lowest BCUT2D eigenvalue weighted by Crippen LogP contribution is -2.53. The molecule has 2 aromatic carbocycles. The molecule has 1 aliphatic rings. The molecule has 0 aliphatic carbocycles. The number of benzene rings is 2. The van der Waals surface area contributed by atoms with E-state index in [1.165, 1.54) is 23.4 Å². The first-order valence-electron chi connectivity index (χ1n) is 11.3. The van der Waals surface area contributed by atoms with Crippen LogP contribution in [0, 0.1) is 11.6 Å². The first-order valence-corrected chi connectivity index (χ1v) is 11.3. The fourth-order valence-corrected chi connectivity index (χ4v) is 4.66. The molecule has 0 amide bonds. The van der Waals surface area contributed by atoms with Crippen LogP contribution in [0.5, 0.6) is 0 Å². The maximum absolute atomic E-state index is 14.9. The number of hydrogen-bond donors (Lipinski definition) is 1. The van der Waals surface area contributed by atoms with Gasteiger partial charge in [0.2, 0.25) is 0 Å². The second-order valence-electron chi connectivity index (χ2n) is 8.66. The summed E-state index contributed by atoms with van der Waals surface area (Å²) < 4.78 is 35.9. The van der Waals surface area contributed by atoms with E-state index in [1.54, 1.807) is 0 Å². The maximum atomic E-state index is 14.9. The zero-order valence-corrected chi connectivity index (χ0v) is 18.8. The largest absolute Gasteiger partial charge is 0.423 e. The molecule has 0 radical (unpaired) electrons. The van der Waals surface area contributed by atoms with Gasteiger partial charge in [-0.1, -0.05) is 18.2 Å². The Hall–Kier alpha value is -3.37. The van der Waals surface area contributed by atoms with E-state index in [4.69, 9.17) is 4.42 Å². The van der Waals surface area contributed by atoms with E-state index in [9.17, 15) is 13.9 Å². The summed E-state index contributed by atoms with van der Waals surface area (Å²) in [7, 11) is 0. The van der Waals surface area contributed by atoms with E-state index in [1.807, 2.05) is 31.2 Å². The quantitative estimate of drug-likeness (QED) is 0.465. The van der Waals surface area contributed by atoms with Crippen LogP contribution in [0.2, 0.25) is 0 Å². The monoisotopic (exact) mass is 468 g/mol. The molecule has 8 nitrogen and oxygen atoms in total. The zero-order chi connectivity index (χ0) is 23.7. The van der Waals surface area contributed by atoms with Crippen LogP contribution in [0.15, 0.2) is 59.5 Å².